The zero-order valence-electron chi connectivity index (χ0n) is 21.4. The van der Waals surface area contributed by atoms with E-state index >= 15 is 0 Å². The number of ether oxygens (including phenoxy) is 2. The predicted octanol–water partition coefficient (Wildman–Crippen LogP) is 1.85. The van der Waals surface area contributed by atoms with Crippen LogP contribution in [0.4, 0.5) is 0 Å². The summed E-state index contributed by atoms with van der Waals surface area (Å²) in [5, 5.41) is 0. The van der Waals surface area contributed by atoms with Gasteiger partial charge in [-0.25, -0.2) is 9.78 Å². The minimum absolute atomic E-state index is 0.0946. The molecule has 0 aliphatic heterocycles. The first kappa shape index (κ1) is 28.3. The number of hydrogen-bond donors (Lipinski definition) is 1. The third-order valence-electron chi connectivity index (χ3n) is 5.79. The first-order valence-electron chi connectivity index (χ1n) is 12.5. The summed E-state index contributed by atoms with van der Waals surface area (Å²) in [6.07, 6.45) is 4.88. The number of hydrogen-bond acceptors (Lipinski definition) is 7. The zero-order chi connectivity index (χ0) is 25.8. The third kappa shape index (κ3) is 7.78. The Bertz CT molecular complexity index is 1090. The van der Waals surface area contributed by atoms with E-state index in [1.54, 1.807) is 6.92 Å². The van der Waals surface area contributed by atoms with E-state index in [9.17, 15) is 19.2 Å². The Morgan fingerprint density at radius 2 is 1.74 bits per heavy atom. The summed E-state index contributed by atoms with van der Waals surface area (Å²) < 4.78 is 13.4. The van der Waals surface area contributed by atoms with Crippen molar-refractivity contribution < 1.29 is 19.1 Å². The second-order valence-corrected chi connectivity index (χ2v) is 8.44. The van der Waals surface area contributed by atoms with Gasteiger partial charge in [-0.05, 0) is 19.8 Å². The number of H-pyrrole nitrogens is 1. The zero-order valence-corrected chi connectivity index (χ0v) is 21.4. The molecule has 11 nitrogen and oxygen atoms in total. The molecule has 0 saturated heterocycles. The maximum absolute atomic E-state index is 13.0. The van der Waals surface area contributed by atoms with Gasteiger partial charge >= 0.3 is 11.7 Å². The number of aromatic nitrogens is 4. The summed E-state index contributed by atoms with van der Waals surface area (Å²) in [5.74, 6) is -0.136. The van der Waals surface area contributed by atoms with E-state index in [2.05, 4.69) is 16.9 Å². The molecule has 0 saturated carbocycles. The maximum atomic E-state index is 13.0. The first-order chi connectivity index (χ1) is 16.9. The van der Waals surface area contributed by atoms with Crippen molar-refractivity contribution in [3.05, 3.63) is 26.7 Å². The van der Waals surface area contributed by atoms with Gasteiger partial charge in [-0.1, -0.05) is 33.1 Å². The molecular weight excluding hydrogens is 454 g/mol. The highest BCUT2D eigenvalue weighted by Gasteiger charge is 2.22. The molecule has 2 heterocycles. The van der Waals surface area contributed by atoms with Gasteiger partial charge in [-0.2, -0.15) is 0 Å². The van der Waals surface area contributed by atoms with Gasteiger partial charge in [-0.15, -0.1) is 0 Å². The van der Waals surface area contributed by atoms with Crippen LogP contribution < -0.4 is 11.2 Å². The Balaban J connectivity index is 2.37. The SMILES string of the molecule is CCCCCn1c(CCC(=O)N(CCOC)CC(=O)OCC)nc2c1c(=O)[nH]c(=O)n2CCCC. The number of methoxy groups -OCH3 is 1. The van der Waals surface area contributed by atoms with Crippen LogP contribution in [0.3, 0.4) is 0 Å². The van der Waals surface area contributed by atoms with Crippen LogP contribution in [0.15, 0.2) is 9.59 Å². The maximum Gasteiger partial charge on any atom is 0.330 e. The largest absolute Gasteiger partial charge is 0.465 e. The summed E-state index contributed by atoms with van der Waals surface area (Å²) in [4.78, 5) is 58.7. The monoisotopic (exact) mass is 493 g/mol. The molecule has 196 valence electrons. The Morgan fingerprint density at radius 1 is 1.03 bits per heavy atom. The molecule has 0 aliphatic carbocycles. The van der Waals surface area contributed by atoms with Gasteiger partial charge in [0.2, 0.25) is 5.91 Å². The first-order valence-corrected chi connectivity index (χ1v) is 12.5. The number of fused-ring (bicyclic) bond motifs is 1. The summed E-state index contributed by atoms with van der Waals surface area (Å²) in [6, 6.07) is 0. The van der Waals surface area contributed by atoms with Gasteiger partial charge in [0.05, 0.1) is 13.2 Å². The van der Waals surface area contributed by atoms with Crippen LogP contribution >= 0.6 is 0 Å². The Morgan fingerprint density at radius 3 is 2.40 bits per heavy atom. The smallest absolute Gasteiger partial charge is 0.330 e. The topological polar surface area (TPSA) is 129 Å². The number of esters is 1. The molecule has 0 radical (unpaired) electrons. The van der Waals surface area contributed by atoms with Gasteiger partial charge in [0, 0.05) is 39.6 Å². The van der Waals surface area contributed by atoms with Crippen LogP contribution in [0, 0.1) is 0 Å². The number of amides is 1. The van der Waals surface area contributed by atoms with Crippen molar-refractivity contribution in [3.63, 3.8) is 0 Å². The molecule has 1 amide bonds. The van der Waals surface area contributed by atoms with Gasteiger partial charge in [0.15, 0.2) is 11.2 Å². The fourth-order valence-electron chi connectivity index (χ4n) is 3.93. The second-order valence-electron chi connectivity index (χ2n) is 8.44. The molecular formula is C24H39N5O6. The number of nitrogens with one attached hydrogen (secondary N) is 1. The normalized spacial score (nSPS) is 11.2. The van der Waals surface area contributed by atoms with E-state index < -0.39 is 17.2 Å². The Hall–Kier alpha value is -2.95. The highest BCUT2D eigenvalue weighted by Crippen LogP contribution is 2.16. The van der Waals surface area contributed by atoms with E-state index in [1.165, 1.54) is 16.6 Å². The van der Waals surface area contributed by atoms with Crippen LogP contribution in [0.2, 0.25) is 0 Å². The second kappa shape index (κ2) is 14.4. The fraction of sp³-hybridized carbons (Fsp3) is 0.708. The van der Waals surface area contributed by atoms with Crippen molar-refractivity contribution in [2.24, 2.45) is 0 Å². The molecule has 1 N–H and O–H groups in total. The van der Waals surface area contributed by atoms with Crippen LogP contribution in [0.25, 0.3) is 11.2 Å². The number of rotatable bonds is 16. The van der Waals surface area contributed by atoms with E-state index in [0.29, 0.717) is 36.7 Å². The van der Waals surface area contributed by atoms with Gasteiger partial charge in [0.25, 0.3) is 5.56 Å². The summed E-state index contributed by atoms with van der Waals surface area (Å²) in [7, 11) is 1.53. The number of nitrogens with zero attached hydrogens (tertiary/aromatic N) is 4. The van der Waals surface area contributed by atoms with Crippen molar-refractivity contribution in [1.82, 2.24) is 24.0 Å². The summed E-state index contributed by atoms with van der Waals surface area (Å²) >= 11 is 0. The highest BCUT2D eigenvalue weighted by atomic mass is 16.5. The molecule has 0 spiro atoms. The van der Waals surface area contributed by atoms with Crippen LogP contribution in [-0.2, 0) is 38.6 Å². The highest BCUT2D eigenvalue weighted by molar-refractivity contribution is 5.82. The van der Waals surface area contributed by atoms with Gasteiger partial charge in [0.1, 0.15) is 12.4 Å². The predicted molar refractivity (Wildman–Crippen MR) is 132 cm³/mol. The number of unbranched alkanes of at least 4 members (excludes halogenated alkanes) is 3. The Kier molecular flexibility index (Phi) is 11.7. The van der Waals surface area contributed by atoms with Crippen LogP contribution in [0.1, 0.15) is 65.1 Å². The number of carbonyl (C=O) groups excluding carboxylic acids is 2. The summed E-state index contributed by atoms with van der Waals surface area (Å²) in [5.41, 5.74) is -0.226. The molecule has 2 aromatic rings. The van der Waals surface area contributed by atoms with Crippen molar-refractivity contribution in [1.29, 1.82) is 0 Å². The fourth-order valence-corrected chi connectivity index (χ4v) is 3.93. The minimum atomic E-state index is -0.477. The molecule has 0 aliphatic rings. The molecule has 0 aromatic carbocycles. The molecule has 0 bridgehead atoms. The number of aryl methyl sites for hydroxylation is 3. The summed E-state index contributed by atoms with van der Waals surface area (Å²) in [6.45, 7) is 7.50. The van der Waals surface area contributed by atoms with Gasteiger partial charge in [-0.3, -0.25) is 23.9 Å². The van der Waals surface area contributed by atoms with Crippen LogP contribution in [0.5, 0.6) is 0 Å². The van der Waals surface area contributed by atoms with E-state index in [0.717, 1.165) is 32.1 Å². The van der Waals surface area contributed by atoms with Crippen molar-refractivity contribution >= 4 is 23.0 Å². The van der Waals surface area contributed by atoms with E-state index in [-0.39, 0.29) is 38.4 Å². The standard InChI is InChI=1S/C24H39N5O6/c1-5-8-10-14-28-18(11-12-19(30)27(15-16-34-4)17-20(31)35-7-3)25-22-21(28)23(32)26-24(33)29(22)13-9-6-2/h5-17H2,1-4H3,(H,26,32,33). The molecule has 35 heavy (non-hydrogen) atoms. The lowest BCUT2D eigenvalue weighted by atomic mass is 10.2. The quantitative estimate of drug-likeness (QED) is 0.279. The van der Waals surface area contributed by atoms with Gasteiger partial charge < -0.3 is 18.9 Å². The Labute approximate surface area is 205 Å². The van der Waals surface area contributed by atoms with E-state index in [4.69, 9.17) is 9.47 Å². The van der Waals surface area contributed by atoms with E-state index in [1.807, 2.05) is 11.5 Å². The average molecular weight is 494 g/mol. The molecule has 0 atom stereocenters. The third-order valence-corrected chi connectivity index (χ3v) is 5.79. The van der Waals surface area contributed by atoms with Crippen molar-refractivity contribution in [2.45, 2.75) is 78.8 Å². The number of carbonyl (C=O) groups is 2. The lowest BCUT2D eigenvalue weighted by Crippen LogP contribution is -2.38. The number of aromatic amines is 1. The molecule has 0 fully saturated rings. The molecule has 0 unspecified atom stereocenters. The van der Waals surface area contributed by atoms with Crippen molar-refractivity contribution in [2.75, 3.05) is 33.4 Å². The van der Waals surface area contributed by atoms with Crippen LogP contribution in [-0.4, -0.2) is 69.3 Å². The molecule has 11 heteroatoms. The molecule has 2 aromatic heterocycles. The van der Waals surface area contributed by atoms with Crippen molar-refractivity contribution in [3.8, 4) is 0 Å². The lowest BCUT2D eigenvalue weighted by molar-refractivity contribution is -0.149. The minimum Gasteiger partial charge on any atom is -0.465 e. The molecule has 2 rings (SSSR count). The number of imidazole rings is 1. The lowest BCUT2D eigenvalue weighted by Gasteiger charge is -2.21. The average Bonchev–Trinajstić information content (AvgIpc) is 3.19.